The van der Waals surface area contributed by atoms with Crippen molar-refractivity contribution in [2.24, 2.45) is 0 Å². The van der Waals surface area contributed by atoms with E-state index < -0.39 is 0 Å². The number of nitrogens with one attached hydrogen (secondary N) is 1. The van der Waals surface area contributed by atoms with Crippen molar-refractivity contribution in [1.82, 2.24) is 4.90 Å². The van der Waals surface area contributed by atoms with Crippen molar-refractivity contribution >= 4 is 52.0 Å². The Hall–Kier alpha value is -2.34. The van der Waals surface area contributed by atoms with Crippen LogP contribution in [0.5, 0.6) is 0 Å². The standard InChI is InChI=1S/C20H16Cl2N2O2S/c21-15-8-6-14(7-9-15)20(26)24(12-18-5-2-10-27-18)13-19(25)23-17-4-1-3-16(22)11-17/h1-11H,12-13H2,(H,23,25). The van der Waals surface area contributed by atoms with Gasteiger partial charge < -0.3 is 10.2 Å². The van der Waals surface area contributed by atoms with Crippen LogP contribution < -0.4 is 5.32 Å². The maximum atomic E-state index is 12.9. The molecule has 0 saturated carbocycles. The minimum Gasteiger partial charge on any atom is -0.324 e. The monoisotopic (exact) mass is 418 g/mol. The number of halogens is 2. The fourth-order valence-electron chi connectivity index (χ4n) is 2.51. The van der Waals surface area contributed by atoms with Crippen LogP contribution in [-0.2, 0) is 11.3 Å². The number of hydrogen-bond donors (Lipinski definition) is 1. The molecule has 4 nitrogen and oxygen atoms in total. The molecule has 7 heteroatoms. The summed E-state index contributed by atoms with van der Waals surface area (Å²) in [6.07, 6.45) is 0. The molecule has 1 N–H and O–H groups in total. The molecular formula is C20H16Cl2N2O2S. The van der Waals surface area contributed by atoms with E-state index in [-0.39, 0.29) is 18.4 Å². The molecule has 3 aromatic rings. The van der Waals surface area contributed by atoms with E-state index in [1.807, 2.05) is 17.5 Å². The maximum absolute atomic E-state index is 12.9. The third-order valence-corrected chi connectivity index (χ3v) is 5.10. The summed E-state index contributed by atoms with van der Waals surface area (Å²) in [6.45, 7) is 0.272. The summed E-state index contributed by atoms with van der Waals surface area (Å²) in [4.78, 5) is 27.9. The van der Waals surface area contributed by atoms with E-state index in [4.69, 9.17) is 23.2 Å². The number of rotatable bonds is 6. The minimum atomic E-state index is -0.295. The number of amides is 2. The Labute approximate surface area is 171 Å². The van der Waals surface area contributed by atoms with Crippen molar-refractivity contribution in [3.63, 3.8) is 0 Å². The van der Waals surface area contributed by atoms with Crippen molar-refractivity contribution in [2.75, 3.05) is 11.9 Å². The lowest BCUT2D eigenvalue weighted by molar-refractivity contribution is -0.117. The quantitative estimate of drug-likeness (QED) is 0.587. The fourth-order valence-corrected chi connectivity index (χ4v) is 3.54. The molecule has 0 aliphatic rings. The molecule has 27 heavy (non-hydrogen) atoms. The van der Waals surface area contributed by atoms with Crippen LogP contribution in [0.15, 0.2) is 66.0 Å². The van der Waals surface area contributed by atoms with E-state index in [0.29, 0.717) is 27.8 Å². The molecule has 0 aliphatic carbocycles. The Balaban J connectivity index is 1.75. The fraction of sp³-hybridized carbons (Fsp3) is 0.100. The average Bonchev–Trinajstić information content (AvgIpc) is 3.14. The van der Waals surface area contributed by atoms with Crippen molar-refractivity contribution in [3.05, 3.63) is 86.5 Å². The molecule has 1 heterocycles. The molecular weight excluding hydrogens is 403 g/mol. The number of benzene rings is 2. The van der Waals surface area contributed by atoms with Crippen LogP contribution in [0.1, 0.15) is 15.2 Å². The van der Waals surface area contributed by atoms with Crippen LogP contribution in [0.4, 0.5) is 5.69 Å². The van der Waals surface area contributed by atoms with E-state index in [0.717, 1.165) is 4.88 Å². The van der Waals surface area contributed by atoms with Gasteiger partial charge in [-0.15, -0.1) is 11.3 Å². The molecule has 2 amide bonds. The number of hydrogen-bond acceptors (Lipinski definition) is 3. The topological polar surface area (TPSA) is 49.4 Å². The van der Waals surface area contributed by atoms with Gasteiger partial charge in [0.2, 0.25) is 5.91 Å². The van der Waals surface area contributed by atoms with Crippen LogP contribution in [0.25, 0.3) is 0 Å². The zero-order chi connectivity index (χ0) is 19.2. The van der Waals surface area contributed by atoms with Gasteiger partial charge in [0, 0.05) is 26.2 Å². The molecule has 2 aromatic carbocycles. The molecule has 3 rings (SSSR count). The van der Waals surface area contributed by atoms with E-state index in [1.54, 1.807) is 48.5 Å². The third-order valence-electron chi connectivity index (χ3n) is 3.75. The molecule has 1 aromatic heterocycles. The van der Waals surface area contributed by atoms with Gasteiger partial charge in [0.25, 0.3) is 5.91 Å². The van der Waals surface area contributed by atoms with Gasteiger partial charge in [-0.25, -0.2) is 0 Å². The van der Waals surface area contributed by atoms with Gasteiger partial charge in [0.15, 0.2) is 0 Å². The largest absolute Gasteiger partial charge is 0.324 e. The van der Waals surface area contributed by atoms with Crippen molar-refractivity contribution in [1.29, 1.82) is 0 Å². The molecule has 0 saturated heterocycles. The van der Waals surface area contributed by atoms with Crippen LogP contribution in [0.2, 0.25) is 10.0 Å². The summed E-state index contributed by atoms with van der Waals surface area (Å²) in [6, 6.07) is 17.3. The van der Waals surface area contributed by atoms with Crippen LogP contribution in [0, 0.1) is 0 Å². The van der Waals surface area contributed by atoms with E-state index in [1.165, 1.54) is 16.2 Å². The second-order valence-electron chi connectivity index (χ2n) is 5.81. The Morgan fingerprint density at radius 3 is 2.41 bits per heavy atom. The van der Waals surface area contributed by atoms with Gasteiger partial charge in [0.1, 0.15) is 6.54 Å². The smallest absolute Gasteiger partial charge is 0.254 e. The van der Waals surface area contributed by atoms with E-state index >= 15 is 0 Å². The number of carbonyl (C=O) groups excluding carboxylic acids is 2. The number of anilines is 1. The zero-order valence-corrected chi connectivity index (χ0v) is 16.5. The van der Waals surface area contributed by atoms with Gasteiger partial charge in [-0.1, -0.05) is 35.3 Å². The van der Waals surface area contributed by atoms with Gasteiger partial charge in [-0.2, -0.15) is 0 Å². The highest BCUT2D eigenvalue weighted by atomic mass is 35.5. The average molecular weight is 419 g/mol. The van der Waals surface area contributed by atoms with Crippen LogP contribution in [-0.4, -0.2) is 23.3 Å². The van der Waals surface area contributed by atoms with E-state index in [2.05, 4.69) is 5.32 Å². The SMILES string of the molecule is O=C(CN(Cc1cccs1)C(=O)c1ccc(Cl)cc1)Nc1cccc(Cl)c1. The highest BCUT2D eigenvalue weighted by Crippen LogP contribution is 2.18. The predicted octanol–water partition coefficient (Wildman–Crippen LogP) is 5.34. The Bertz CT molecular complexity index is 927. The third kappa shape index (κ3) is 5.57. The minimum absolute atomic E-state index is 0.0775. The zero-order valence-electron chi connectivity index (χ0n) is 14.2. The summed E-state index contributed by atoms with van der Waals surface area (Å²) in [7, 11) is 0. The normalized spacial score (nSPS) is 10.4. The highest BCUT2D eigenvalue weighted by Gasteiger charge is 2.20. The van der Waals surface area contributed by atoms with Crippen LogP contribution in [0.3, 0.4) is 0 Å². The highest BCUT2D eigenvalue weighted by molar-refractivity contribution is 7.09. The molecule has 0 aliphatic heterocycles. The number of carbonyl (C=O) groups is 2. The summed E-state index contributed by atoms with van der Waals surface area (Å²) in [5.74, 6) is -0.530. The molecule has 0 radical (unpaired) electrons. The molecule has 0 unspecified atom stereocenters. The Morgan fingerprint density at radius 1 is 0.963 bits per heavy atom. The number of nitrogens with zero attached hydrogens (tertiary/aromatic N) is 1. The van der Waals surface area contributed by atoms with Crippen molar-refractivity contribution in [2.45, 2.75) is 6.54 Å². The van der Waals surface area contributed by atoms with Gasteiger partial charge in [-0.05, 0) is 53.9 Å². The first-order valence-electron chi connectivity index (χ1n) is 8.14. The van der Waals surface area contributed by atoms with Gasteiger partial charge in [0.05, 0.1) is 6.54 Å². The van der Waals surface area contributed by atoms with Crippen LogP contribution >= 0.6 is 34.5 Å². The van der Waals surface area contributed by atoms with Gasteiger partial charge >= 0.3 is 0 Å². The number of thiophene rings is 1. The molecule has 0 atom stereocenters. The van der Waals surface area contributed by atoms with E-state index in [9.17, 15) is 9.59 Å². The molecule has 0 bridgehead atoms. The molecule has 138 valence electrons. The van der Waals surface area contributed by atoms with Gasteiger partial charge in [-0.3, -0.25) is 9.59 Å². The Kier molecular flexibility index (Phi) is 6.50. The molecule has 0 spiro atoms. The summed E-state index contributed by atoms with van der Waals surface area (Å²) in [5.41, 5.74) is 1.06. The second-order valence-corrected chi connectivity index (χ2v) is 7.71. The Morgan fingerprint density at radius 2 is 1.74 bits per heavy atom. The first kappa shape index (κ1) is 19.4. The summed E-state index contributed by atoms with van der Waals surface area (Å²) in [5, 5.41) is 5.79. The maximum Gasteiger partial charge on any atom is 0.254 e. The lowest BCUT2D eigenvalue weighted by Crippen LogP contribution is -2.37. The first-order valence-corrected chi connectivity index (χ1v) is 9.77. The second kappa shape index (κ2) is 9.04. The summed E-state index contributed by atoms with van der Waals surface area (Å²) < 4.78 is 0. The first-order chi connectivity index (χ1) is 13.0. The molecule has 0 fully saturated rings. The van der Waals surface area contributed by atoms with Crippen molar-refractivity contribution < 1.29 is 9.59 Å². The summed E-state index contributed by atoms with van der Waals surface area (Å²) >= 11 is 13.4. The lowest BCUT2D eigenvalue weighted by atomic mass is 10.2. The predicted molar refractivity (Wildman–Crippen MR) is 111 cm³/mol. The lowest BCUT2D eigenvalue weighted by Gasteiger charge is -2.22. The van der Waals surface area contributed by atoms with Crippen molar-refractivity contribution in [3.8, 4) is 0 Å².